The van der Waals surface area contributed by atoms with Crippen molar-refractivity contribution < 1.29 is 33.7 Å². The maximum absolute atomic E-state index is 13.7. The first-order chi connectivity index (χ1) is 20.7. The molecule has 0 spiro atoms. The number of ether oxygens (including phenoxy) is 3. The Morgan fingerprint density at radius 3 is 2.37 bits per heavy atom. The first kappa shape index (κ1) is 29.5. The van der Waals surface area contributed by atoms with Gasteiger partial charge in [0.2, 0.25) is 6.79 Å². The molecule has 226 valence electrons. The number of urea groups is 2. The van der Waals surface area contributed by atoms with Gasteiger partial charge in [0.1, 0.15) is 11.9 Å². The molecule has 0 fully saturated rings. The van der Waals surface area contributed by atoms with Gasteiger partial charge in [-0.2, -0.15) is 0 Å². The number of para-hydroxylation sites is 1. The molecule has 3 aromatic rings. The average Bonchev–Trinajstić information content (AvgIpc) is 3.47. The second-order valence-corrected chi connectivity index (χ2v) is 10.7. The summed E-state index contributed by atoms with van der Waals surface area (Å²) in [4.78, 5) is 42.5. The van der Waals surface area contributed by atoms with Gasteiger partial charge in [0, 0.05) is 42.6 Å². The van der Waals surface area contributed by atoms with E-state index in [4.69, 9.17) is 14.2 Å². The lowest BCUT2D eigenvalue weighted by Crippen LogP contribution is -2.50. The molecule has 4 N–H and O–H groups in total. The van der Waals surface area contributed by atoms with Gasteiger partial charge in [-0.3, -0.25) is 4.79 Å². The largest absolute Gasteiger partial charge is 0.487 e. The minimum atomic E-state index is -0.493. The van der Waals surface area contributed by atoms with Gasteiger partial charge in [0.05, 0.1) is 24.8 Å². The fourth-order valence-corrected chi connectivity index (χ4v) is 4.88. The zero-order valence-corrected chi connectivity index (χ0v) is 24.2. The summed E-state index contributed by atoms with van der Waals surface area (Å²) in [5.74, 6) is 0.968. The molecular formula is C31H35N5O7. The van der Waals surface area contributed by atoms with Crippen LogP contribution in [0.2, 0.25) is 0 Å². The zero-order valence-electron chi connectivity index (χ0n) is 24.2. The van der Waals surface area contributed by atoms with E-state index in [0.717, 1.165) is 0 Å². The number of hydrogen-bond acceptors (Lipinski definition) is 7. The summed E-state index contributed by atoms with van der Waals surface area (Å²) in [6.45, 7) is 4.11. The van der Waals surface area contributed by atoms with Gasteiger partial charge in [-0.25, -0.2) is 9.59 Å². The molecule has 0 radical (unpaired) electrons. The summed E-state index contributed by atoms with van der Waals surface area (Å²) >= 11 is 0. The minimum Gasteiger partial charge on any atom is -0.487 e. The summed E-state index contributed by atoms with van der Waals surface area (Å²) in [5.41, 5.74) is 1.81. The van der Waals surface area contributed by atoms with E-state index in [2.05, 4.69) is 16.0 Å². The fourth-order valence-electron chi connectivity index (χ4n) is 4.88. The summed E-state index contributed by atoms with van der Waals surface area (Å²) in [6.07, 6.45) is -0.493. The number of anilines is 3. The van der Waals surface area contributed by atoms with Crippen molar-refractivity contribution in [1.82, 2.24) is 9.80 Å². The van der Waals surface area contributed by atoms with Crippen LogP contribution in [0, 0.1) is 5.92 Å². The number of likely N-dealkylation sites (N-methyl/N-ethyl adjacent to an activating group) is 1. The highest BCUT2D eigenvalue weighted by Crippen LogP contribution is 2.34. The van der Waals surface area contributed by atoms with Crippen LogP contribution in [-0.4, -0.2) is 78.6 Å². The van der Waals surface area contributed by atoms with Crippen LogP contribution < -0.4 is 30.2 Å². The van der Waals surface area contributed by atoms with Gasteiger partial charge < -0.3 is 45.1 Å². The van der Waals surface area contributed by atoms with E-state index in [1.807, 2.05) is 25.1 Å². The quantitative estimate of drug-likeness (QED) is 0.319. The summed E-state index contributed by atoms with van der Waals surface area (Å²) in [5, 5.41) is 18.3. The molecule has 43 heavy (non-hydrogen) atoms. The molecule has 0 saturated carbocycles. The van der Waals surface area contributed by atoms with Gasteiger partial charge in [0.25, 0.3) is 5.91 Å². The van der Waals surface area contributed by atoms with Crippen LogP contribution >= 0.6 is 0 Å². The normalized spacial score (nSPS) is 18.0. The van der Waals surface area contributed by atoms with E-state index in [1.54, 1.807) is 67.4 Å². The van der Waals surface area contributed by atoms with Crippen LogP contribution in [-0.2, 0) is 0 Å². The first-order valence-corrected chi connectivity index (χ1v) is 14.0. The lowest BCUT2D eigenvalue weighted by atomic mass is 9.99. The summed E-state index contributed by atoms with van der Waals surface area (Å²) in [6, 6.07) is 17.7. The third-order valence-corrected chi connectivity index (χ3v) is 7.38. The number of hydrogen-bond donors (Lipinski definition) is 4. The Hall–Kier alpha value is -4.97. The molecule has 5 rings (SSSR count). The van der Waals surface area contributed by atoms with Gasteiger partial charge in [-0.05, 0) is 49.4 Å². The van der Waals surface area contributed by atoms with E-state index >= 15 is 0 Å². The van der Waals surface area contributed by atoms with Gasteiger partial charge in [-0.15, -0.1) is 0 Å². The molecule has 5 amide bonds. The Labute approximate surface area is 249 Å². The zero-order chi connectivity index (χ0) is 30.5. The molecular weight excluding hydrogens is 554 g/mol. The second-order valence-electron chi connectivity index (χ2n) is 10.7. The van der Waals surface area contributed by atoms with Crippen LogP contribution in [0.3, 0.4) is 0 Å². The number of carbonyl (C=O) groups is 3. The molecule has 2 heterocycles. The monoisotopic (exact) mass is 589 g/mol. The number of nitrogens with zero attached hydrogens (tertiary/aromatic N) is 2. The van der Waals surface area contributed by atoms with Crippen LogP contribution in [0.15, 0.2) is 66.7 Å². The standard InChI is InChI=1S/C31H35N5O7/c1-19-15-36(20(2)17-37)29(38)24-13-22(33-30(39)32-21-7-5-4-6-8-21)9-11-25(24)43-28(19)16-35(3)31(40)34-23-10-12-26-27(14-23)42-18-41-26/h4-14,19-20,28,37H,15-18H2,1-3H3,(H,34,40)(H2,32,33,39)/t19-,20-,28-/m1/s1. The predicted molar refractivity (Wildman–Crippen MR) is 161 cm³/mol. The molecule has 3 aromatic carbocycles. The Kier molecular flexibility index (Phi) is 8.86. The lowest BCUT2D eigenvalue weighted by Gasteiger charge is -2.38. The van der Waals surface area contributed by atoms with Crippen molar-refractivity contribution in [3.8, 4) is 17.2 Å². The fraction of sp³-hybridized carbons (Fsp3) is 0.323. The summed E-state index contributed by atoms with van der Waals surface area (Å²) < 4.78 is 17.1. The Morgan fingerprint density at radius 1 is 0.953 bits per heavy atom. The number of aliphatic hydroxyl groups excluding tert-OH is 1. The van der Waals surface area contributed by atoms with Crippen molar-refractivity contribution >= 4 is 35.0 Å². The minimum absolute atomic E-state index is 0.137. The molecule has 0 unspecified atom stereocenters. The number of amides is 5. The van der Waals surface area contributed by atoms with Gasteiger partial charge >= 0.3 is 12.1 Å². The van der Waals surface area contributed by atoms with Gasteiger partial charge in [-0.1, -0.05) is 25.1 Å². The smallest absolute Gasteiger partial charge is 0.323 e. The van der Waals surface area contributed by atoms with E-state index in [1.165, 1.54) is 4.90 Å². The van der Waals surface area contributed by atoms with Crippen LogP contribution in [0.4, 0.5) is 26.7 Å². The SMILES string of the molecule is C[C@@H]1CN([C@H](C)CO)C(=O)c2cc(NC(=O)Nc3ccccc3)ccc2O[C@@H]1CN(C)C(=O)Nc1ccc2c(c1)OCO2. The van der Waals surface area contributed by atoms with Crippen molar-refractivity contribution in [1.29, 1.82) is 0 Å². The molecule has 12 heteroatoms. The highest BCUT2D eigenvalue weighted by atomic mass is 16.7. The third kappa shape index (κ3) is 6.92. The number of aliphatic hydroxyl groups is 1. The van der Waals surface area contributed by atoms with Crippen LogP contribution in [0.5, 0.6) is 17.2 Å². The molecule has 3 atom stereocenters. The number of rotatable bonds is 7. The molecule has 0 bridgehead atoms. The van der Waals surface area contributed by atoms with Gasteiger partial charge in [0.15, 0.2) is 11.5 Å². The van der Waals surface area contributed by atoms with Crippen LogP contribution in [0.25, 0.3) is 0 Å². The van der Waals surface area contributed by atoms with Crippen molar-refractivity contribution in [2.75, 3.05) is 49.5 Å². The van der Waals surface area contributed by atoms with Crippen molar-refractivity contribution in [2.45, 2.75) is 26.0 Å². The van der Waals surface area contributed by atoms with E-state index in [9.17, 15) is 19.5 Å². The molecule has 0 saturated heterocycles. The number of carbonyl (C=O) groups excluding carboxylic acids is 3. The number of nitrogens with one attached hydrogen (secondary N) is 3. The highest BCUT2D eigenvalue weighted by Gasteiger charge is 2.34. The molecule has 0 aliphatic carbocycles. The average molecular weight is 590 g/mol. The van der Waals surface area contributed by atoms with Crippen LogP contribution in [0.1, 0.15) is 24.2 Å². The van der Waals surface area contributed by atoms with Crippen molar-refractivity contribution in [3.63, 3.8) is 0 Å². The lowest BCUT2D eigenvalue weighted by molar-refractivity contribution is 0.0371. The Bertz CT molecular complexity index is 1480. The van der Waals surface area contributed by atoms with E-state index in [0.29, 0.717) is 34.3 Å². The maximum Gasteiger partial charge on any atom is 0.323 e. The maximum atomic E-state index is 13.7. The topological polar surface area (TPSA) is 142 Å². The predicted octanol–water partition coefficient (Wildman–Crippen LogP) is 4.44. The van der Waals surface area contributed by atoms with E-state index < -0.39 is 18.2 Å². The Morgan fingerprint density at radius 2 is 1.63 bits per heavy atom. The molecule has 2 aliphatic heterocycles. The first-order valence-electron chi connectivity index (χ1n) is 14.0. The van der Waals surface area contributed by atoms with Crippen molar-refractivity contribution in [2.24, 2.45) is 5.92 Å². The molecule has 2 aliphatic rings. The third-order valence-electron chi connectivity index (χ3n) is 7.38. The number of fused-ring (bicyclic) bond motifs is 2. The molecule has 12 nitrogen and oxygen atoms in total. The second kappa shape index (κ2) is 12.9. The van der Waals surface area contributed by atoms with Crippen molar-refractivity contribution in [3.05, 3.63) is 72.3 Å². The highest BCUT2D eigenvalue weighted by molar-refractivity contribution is 6.02. The van der Waals surface area contributed by atoms with E-state index in [-0.39, 0.29) is 49.9 Å². The number of benzene rings is 3. The molecule has 0 aromatic heterocycles. The Balaban J connectivity index is 1.33. The summed E-state index contributed by atoms with van der Waals surface area (Å²) in [7, 11) is 1.66.